The van der Waals surface area contributed by atoms with Crippen LogP contribution in [-0.4, -0.2) is 24.0 Å². The number of hydrogen-bond donors (Lipinski definition) is 1. The van der Waals surface area contributed by atoms with E-state index < -0.39 is 11.5 Å². The van der Waals surface area contributed by atoms with Gasteiger partial charge in [-0.2, -0.15) is 4.39 Å². The Kier molecular flexibility index (Phi) is 4.40. The molecule has 3 aromatic carbocycles. The van der Waals surface area contributed by atoms with Crippen LogP contribution in [0.2, 0.25) is 0 Å². The highest BCUT2D eigenvalue weighted by Gasteiger charge is 2.43. The lowest BCUT2D eigenvalue weighted by atomic mass is 9.77. The van der Waals surface area contributed by atoms with Crippen LogP contribution in [0.4, 0.5) is 4.39 Å². The molecule has 2 aliphatic rings. The van der Waals surface area contributed by atoms with E-state index in [9.17, 15) is 4.39 Å². The molecule has 6 rings (SSSR count). The topological polar surface area (TPSA) is 69.7 Å². The molecule has 0 fully saturated rings. The Morgan fingerprint density at radius 1 is 0.788 bits per heavy atom. The van der Waals surface area contributed by atoms with Gasteiger partial charge in [0.25, 0.3) is 0 Å². The molecule has 162 valence electrons. The molecule has 0 amide bonds. The molecule has 1 aromatic heterocycles. The Balaban J connectivity index is 1.61. The number of aromatic nitrogens is 1. The van der Waals surface area contributed by atoms with Crippen molar-refractivity contribution in [1.29, 1.82) is 0 Å². The summed E-state index contributed by atoms with van der Waals surface area (Å²) in [4.78, 5) is 8.83. The molecule has 1 unspecified atom stereocenters. The maximum atomic E-state index is 14.5. The second-order valence-electron chi connectivity index (χ2n) is 8.03. The van der Waals surface area contributed by atoms with E-state index in [1.807, 2.05) is 66.7 Å². The van der Waals surface area contributed by atoms with Gasteiger partial charge in [0, 0.05) is 17.3 Å². The zero-order valence-corrected chi connectivity index (χ0v) is 17.7. The van der Waals surface area contributed by atoms with Crippen LogP contribution in [-0.2, 0) is 5.54 Å². The van der Waals surface area contributed by atoms with Crippen molar-refractivity contribution in [3.05, 3.63) is 113 Å². The van der Waals surface area contributed by atoms with Crippen molar-refractivity contribution in [3.8, 4) is 22.6 Å². The number of aliphatic imine (C=N–C) groups is 1. The average Bonchev–Trinajstić information content (AvgIpc) is 3.18. The molecular weight excluding hydrogens is 417 g/mol. The smallest absolute Gasteiger partial charge is 0.220 e. The van der Waals surface area contributed by atoms with Crippen molar-refractivity contribution in [2.75, 3.05) is 13.2 Å². The monoisotopic (exact) mass is 437 g/mol. The average molecular weight is 437 g/mol. The van der Waals surface area contributed by atoms with E-state index in [1.165, 1.54) is 6.20 Å². The van der Waals surface area contributed by atoms with Gasteiger partial charge in [-0.25, -0.2) is 9.98 Å². The van der Waals surface area contributed by atoms with Gasteiger partial charge in [-0.05, 0) is 52.6 Å². The van der Waals surface area contributed by atoms with E-state index in [0.29, 0.717) is 41.7 Å². The van der Waals surface area contributed by atoms with Crippen molar-refractivity contribution < 1.29 is 13.9 Å². The quantitative estimate of drug-likeness (QED) is 0.473. The third kappa shape index (κ3) is 2.98. The third-order valence-electron chi connectivity index (χ3n) is 6.19. The van der Waals surface area contributed by atoms with E-state index >= 15 is 0 Å². The van der Waals surface area contributed by atoms with Crippen LogP contribution >= 0.6 is 0 Å². The second kappa shape index (κ2) is 7.45. The standard InChI is InChI=1S/C27H20FN3O2/c28-25-20(8-4-12-30-25)17-5-3-6-18(15-17)27(22-9-2-1-7-21(22)26(29)31-27)19-10-11-23-24(16-19)33-14-13-32-23/h1-12,15-16H,13-14H2,(H2,29,31). The first kappa shape index (κ1) is 19.5. The highest BCUT2D eigenvalue weighted by Crippen LogP contribution is 2.48. The van der Waals surface area contributed by atoms with Crippen LogP contribution in [0.1, 0.15) is 22.3 Å². The lowest BCUT2D eigenvalue weighted by molar-refractivity contribution is 0.171. The number of amidine groups is 1. The predicted octanol–water partition coefficient (Wildman–Crippen LogP) is 4.67. The Morgan fingerprint density at radius 3 is 2.45 bits per heavy atom. The van der Waals surface area contributed by atoms with Crippen LogP contribution in [0.5, 0.6) is 11.5 Å². The second-order valence-corrected chi connectivity index (χ2v) is 8.03. The molecule has 5 nitrogen and oxygen atoms in total. The number of fused-ring (bicyclic) bond motifs is 2. The first-order chi connectivity index (χ1) is 16.2. The lowest BCUT2D eigenvalue weighted by Crippen LogP contribution is -2.26. The predicted molar refractivity (Wildman–Crippen MR) is 124 cm³/mol. The Morgan fingerprint density at radius 2 is 1.58 bits per heavy atom. The Labute approximate surface area is 190 Å². The number of benzene rings is 3. The van der Waals surface area contributed by atoms with Crippen molar-refractivity contribution >= 4 is 5.84 Å². The van der Waals surface area contributed by atoms with E-state index in [4.69, 9.17) is 20.2 Å². The number of hydrogen-bond acceptors (Lipinski definition) is 5. The minimum atomic E-state index is -0.911. The zero-order chi connectivity index (χ0) is 22.4. The molecule has 3 heterocycles. The summed E-state index contributed by atoms with van der Waals surface area (Å²) in [6.45, 7) is 1.01. The minimum Gasteiger partial charge on any atom is -0.486 e. The number of halogens is 1. The van der Waals surface area contributed by atoms with Crippen molar-refractivity contribution in [3.63, 3.8) is 0 Å². The molecule has 0 aliphatic carbocycles. The molecule has 2 N–H and O–H groups in total. The van der Waals surface area contributed by atoms with Crippen molar-refractivity contribution in [2.24, 2.45) is 10.7 Å². The van der Waals surface area contributed by atoms with Gasteiger partial charge in [-0.15, -0.1) is 0 Å². The highest BCUT2D eigenvalue weighted by molar-refractivity contribution is 6.03. The van der Waals surface area contributed by atoms with Gasteiger partial charge < -0.3 is 15.2 Å². The molecule has 0 saturated carbocycles. The van der Waals surface area contributed by atoms with Crippen LogP contribution in [0.3, 0.4) is 0 Å². The van der Waals surface area contributed by atoms with Crippen LogP contribution < -0.4 is 15.2 Å². The van der Waals surface area contributed by atoms with Crippen LogP contribution in [0.15, 0.2) is 90.1 Å². The Hall–Kier alpha value is -4.19. The molecule has 0 spiro atoms. The van der Waals surface area contributed by atoms with E-state index in [1.54, 1.807) is 12.1 Å². The molecular formula is C27H20FN3O2. The maximum Gasteiger partial charge on any atom is 0.220 e. The molecule has 6 heteroatoms. The molecule has 0 bridgehead atoms. The summed E-state index contributed by atoms with van der Waals surface area (Å²) in [7, 11) is 0. The number of nitrogens with two attached hydrogens (primary N) is 1. The van der Waals surface area contributed by atoms with Gasteiger partial charge >= 0.3 is 0 Å². The summed E-state index contributed by atoms with van der Waals surface area (Å²) in [5.74, 6) is 1.32. The molecule has 0 radical (unpaired) electrons. The van der Waals surface area contributed by atoms with Gasteiger partial charge in [0.2, 0.25) is 5.95 Å². The molecule has 1 atom stereocenters. The molecule has 33 heavy (non-hydrogen) atoms. The fraction of sp³-hybridized carbons (Fsp3) is 0.111. The number of pyridine rings is 1. The van der Waals surface area contributed by atoms with Crippen LogP contribution in [0, 0.1) is 5.95 Å². The largest absolute Gasteiger partial charge is 0.486 e. The fourth-order valence-electron chi connectivity index (χ4n) is 4.71. The van der Waals surface area contributed by atoms with Gasteiger partial charge in [0.1, 0.15) is 24.6 Å². The first-order valence-corrected chi connectivity index (χ1v) is 10.7. The van der Waals surface area contributed by atoms with Gasteiger partial charge in [-0.1, -0.05) is 48.5 Å². The van der Waals surface area contributed by atoms with Crippen molar-refractivity contribution in [1.82, 2.24) is 4.98 Å². The number of nitrogens with zero attached hydrogens (tertiary/aromatic N) is 2. The zero-order valence-electron chi connectivity index (χ0n) is 17.7. The van der Waals surface area contributed by atoms with Crippen molar-refractivity contribution in [2.45, 2.75) is 5.54 Å². The molecule has 2 aliphatic heterocycles. The summed E-state index contributed by atoms with van der Waals surface area (Å²) in [6.07, 6.45) is 1.44. The molecule has 0 saturated heterocycles. The summed E-state index contributed by atoms with van der Waals surface area (Å²) >= 11 is 0. The lowest BCUT2D eigenvalue weighted by Gasteiger charge is -2.31. The third-order valence-corrected chi connectivity index (χ3v) is 6.19. The van der Waals surface area contributed by atoms with Crippen LogP contribution in [0.25, 0.3) is 11.1 Å². The van der Waals surface area contributed by atoms with E-state index in [0.717, 1.165) is 22.3 Å². The summed E-state index contributed by atoms with van der Waals surface area (Å²) < 4.78 is 26.1. The highest BCUT2D eigenvalue weighted by atomic mass is 19.1. The minimum absolute atomic E-state index is 0.430. The summed E-state index contributed by atoms with van der Waals surface area (Å²) in [6, 6.07) is 25.0. The SMILES string of the molecule is NC1=NC(c2cccc(-c3cccnc3F)c2)(c2ccc3c(c2)OCCO3)c2ccccc21. The van der Waals surface area contributed by atoms with Gasteiger partial charge in [0.05, 0.1) is 0 Å². The van der Waals surface area contributed by atoms with Gasteiger partial charge in [-0.3, -0.25) is 0 Å². The summed E-state index contributed by atoms with van der Waals surface area (Å²) in [5.41, 5.74) is 10.3. The van der Waals surface area contributed by atoms with Gasteiger partial charge in [0.15, 0.2) is 11.5 Å². The number of ether oxygens (including phenoxy) is 2. The van der Waals surface area contributed by atoms with E-state index in [-0.39, 0.29) is 0 Å². The molecule has 4 aromatic rings. The normalized spacial score (nSPS) is 18.5. The number of rotatable bonds is 3. The van der Waals surface area contributed by atoms with E-state index in [2.05, 4.69) is 4.98 Å². The summed E-state index contributed by atoms with van der Waals surface area (Å²) in [5, 5.41) is 0. The Bertz CT molecular complexity index is 1420. The first-order valence-electron chi connectivity index (χ1n) is 10.7. The fourth-order valence-corrected chi connectivity index (χ4v) is 4.71. The maximum absolute atomic E-state index is 14.5.